The topological polar surface area (TPSA) is 27.8 Å². The molecule has 0 bridgehead atoms. The summed E-state index contributed by atoms with van der Waals surface area (Å²) in [7, 11) is 0. The van der Waals surface area contributed by atoms with Crippen molar-refractivity contribution < 1.29 is 0 Å². The molecule has 0 spiro atoms. The number of benzene rings is 1. The summed E-state index contributed by atoms with van der Waals surface area (Å²) in [4.78, 5) is 3.52. The van der Waals surface area contributed by atoms with E-state index in [0.717, 1.165) is 5.92 Å². The minimum Gasteiger partial charge on any atom is -0.358 e. The molecule has 2 nitrogen and oxygen atoms in total. The third-order valence-electron chi connectivity index (χ3n) is 3.55. The molecule has 3 heteroatoms. The second kappa shape index (κ2) is 5.56. The first-order valence-corrected chi connectivity index (χ1v) is 6.19. The van der Waals surface area contributed by atoms with Gasteiger partial charge in [-0.2, -0.15) is 0 Å². The zero-order valence-electron chi connectivity index (χ0n) is 9.91. The number of hydrogen-bond donors (Lipinski definition) is 2. The van der Waals surface area contributed by atoms with Crippen molar-refractivity contribution in [2.75, 3.05) is 13.1 Å². The molecule has 2 heterocycles. The Bertz CT molecular complexity index is 439. The SMILES string of the molecule is Cl.c1ccc2[nH]c(CC3CCNCC3)cc2c1. The van der Waals surface area contributed by atoms with Crippen molar-refractivity contribution in [3.05, 3.63) is 36.0 Å². The first kappa shape index (κ1) is 12.5. The number of hydrogen-bond acceptors (Lipinski definition) is 1. The van der Waals surface area contributed by atoms with E-state index in [0.29, 0.717) is 0 Å². The van der Waals surface area contributed by atoms with E-state index in [1.165, 1.54) is 48.9 Å². The third-order valence-corrected chi connectivity index (χ3v) is 3.55. The number of fused-ring (bicyclic) bond motifs is 1. The Morgan fingerprint density at radius 2 is 1.88 bits per heavy atom. The van der Waals surface area contributed by atoms with E-state index in [4.69, 9.17) is 0 Å². The molecule has 0 atom stereocenters. The van der Waals surface area contributed by atoms with Gasteiger partial charge in [0.25, 0.3) is 0 Å². The molecule has 1 saturated heterocycles. The van der Waals surface area contributed by atoms with Gasteiger partial charge in [-0.25, -0.2) is 0 Å². The highest BCUT2D eigenvalue weighted by Gasteiger charge is 2.14. The Kier molecular flexibility index (Phi) is 4.08. The summed E-state index contributed by atoms with van der Waals surface area (Å²) in [5, 5.41) is 4.76. The Balaban J connectivity index is 0.00000108. The molecule has 2 aromatic rings. The van der Waals surface area contributed by atoms with E-state index in [-0.39, 0.29) is 12.4 Å². The average Bonchev–Trinajstić information content (AvgIpc) is 2.72. The summed E-state index contributed by atoms with van der Waals surface area (Å²) < 4.78 is 0. The van der Waals surface area contributed by atoms with Gasteiger partial charge < -0.3 is 10.3 Å². The van der Waals surface area contributed by atoms with Crippen molar-refractivity contribution >= 4 is 23.3 Å². The van der Waals surface area contributed by atoms with E-state index in [2.05, 4.69) is 40.6 Å². The Morgan fingerprint density at radius 1 is 1.12 bits per heavy atom. The van der Waals surface area contributed by atoms with Crippen LogP contribution >= 0.6 is 12.4 Å². The average molecular weight is 251 g/mol. The van der Waals surface area contributed by atoms with Crippen LogP contribution in [0.2, 0.25) is 0 Å². The van der Waals surface area contributed by atoms with Crippen LogP contribution in [0.4, 0.5) is 0 Å². The fourth-order valence-corrected chi connectivity index (χ4v) is 2.64. The number of halogens is 1. The first-order chi connectivity index (χ1) is 7.92. The van der Waals surface area contributed by atoms with E-state index in [1.807, 2.05) is 0 Å². The Labute approximate surface area is 108 Å². The lowest BCUT2D eigenvalue weighted by atomic mass is 9.93. The van der Waals surface area contributed by atoms with Crippen molar-refractivity contribution in [1.82, 2.24) is 10.3 Å². The molecular formula is C14H19ClN2. The maximum Gasteiger partial charge on any atom is 0.0456 e. The molecule has 1 aromatic heterocycles. The van der Waals surface area contributed by atoms with E-state index in [9.17, 15) is 0 Å². The fraction of sp³-hybridized carbons (Fsp3) is 0.429. The molecule has 1 aliphatic rings. The molecule has 1 aromatic carbocycles. The number of aromatic amines is 1. The van der Waals surface area contributed by atoms with Crippen molar-refractivity contribution in [1.29, 1.82) is 0 Å². The van der Waals surface area contributed by atoms with Crippen LogP contribution in [0, 0.1) is 5.92 Å². The van der Waals surface area contributed by atoms with Crippen LogP contribution in [0.25, 0.3) is 10.9 Å². The molecule has 0 saturated carbocycles. The molecule has 0 radical (unpaired) electrons. The van der Waals surface area contributed by atoms with Gasteiger partial charge in [-0.15, -0.1) is 12.4 Å². The predicted molar refractivity (Wildman–Crippen MR) is 74.8 cm³/mol. The number of para-hydroxylation sites is 1. The van der Waals surface area contributed by atoms with Gasteiger partial charge >= 0.3 is 0 Å². The Hall–Kier alpha value is -0.990. The highest BCUT2D eigenvalue weighted by Crippen LogP contribution is 2.21. The molecular weight excluding hydrogens is 232 g/mol. The number of piperidine rings is 1. The largest absolute Gasteiger partial charge is 0.358 e. The van der Waals surface area contributed by atoms with Crippen LogP contribution in [-0.4, -0.2) is 18.1 Å². The molecule has 0 aliphatic carbocycles. The van der Waals surface area contributed by atoms with Crippen LogP contribution < -0.4 is 5.32 Å². The second-order valence-electron chi connectivity index (χ2n) is 4.78. The zero-order valence-corrected chi connectivity index (χ0v) is 10.7. The molecule has 1 fully saturated rings. The van der Waals surface area contributed by atoms with Gasteiger partial charge in [0.2, 0.25) is 0 Å². The van der Waals surface area contributed by atoms with Gasteiger partial charge in [0, 0.05) is 11.2 Å². The molecule has 92 valence electrons. The third kappa shape index (κ3) is 2.82. The van der Waals surface area contributed by atoms with Gasteiger partial charge in [0.05, 0.1) is 0 Å². The van der Waals surface area contributed by atoms with Gasteiger partial charge in [0.1, 0.15) is 0 Å². The van der Waals surface area contributed by atoms with Crippen molar-refractivity contribution in [3.8, 4) is 0 Å². The summed E-state index contributed by atoms with van der Waals surface area (Å²) in [6.45, 7) is 2.37. The lowest BCUT2D eigenvalue weighted by Gasteiger charge is -2.21. The standard InChI is InChI=1S/C14H18N2.ClH/c1-2-4-14-12(3-1)10-13(16-14)9-11-5-7-15-8-6-11;/h1-4,10-11,15-16H,5-9H2;1H. The number of rotatable bonds is 2. The minimum absolute atomic E-state index is 0. The van der Waals surface area contributed by atoms with E-state index < -0.39 is 0 Å². The molecule has 0 amide bonds. The maximum absolute atomic E-state index is 3.52. The Morgan fingerprint density at radius 3 is 2.65 bits per heavy atom. The van der Waals surface area contributed by atoms with Gasteiger partial charge in [0.15, 0.2) is 0 Å². The van der Waals surface area contributed by atoms with Gasteiger partial charge in [-0.1, -0.05) is 18.2 Å². The van der Waals surface area contributed by atoms with E-state index >= 15 is 0 Å². The summed E-state index contributed by atoms with van der Waals surface area (Å²) in [6, 6.07) is 10.8. The van der Waals surface area contributed by atoms with Crippen LogP contribution in [0.5, 0.6) is 0 Å². The lowest BCUT2D eigenvalue weighted by Crippen LogP contribution is -2.28. The summed E-state index contributed by atoms with van der Waals surface area (Å²) in [5.41, 5.74) is 2.67. The van der Waals surface area contributed by atoms with Gasteiger partial charge in [-0.3, -0.25) is 0 Å². The minimum atomic E-state index is 0. The molecule has 0 unspecified atom stereocenters. The molecule has 17 heavy (non-hydrogen) atoms. The monoisotopic (exact) mass is 250 g/mol. The van der Waals surface area contributed by atoms with Crippen LogP contribution in [0.1, 0.15) is 18.5 Å². The zero-order chi connectivity index (χ0) is 10.8. The van der Waals surface area contributed by atoms with E-state index in [1.54, 1.807) is 0 Å². The molecule has 3 rings (SSSR count). The predicted octanol–water partition coefficient (Wildman–Crippen LogP) is 3.13. The van der Waals surface area contributed by atoms with Crippen LogP contribution in [0.3, 0.4) is 0 Å². The molecule has 1 aliphatic heterocycles. The highest BCUT2D eigenvalue weighted by molar-refractivity contribution is 5.85. The smallest absolute Gasteiger partial charge is 0.0456 e. The summed E-state index contributed by atoms with van der Waals surface area (Å²) >= 11 is 0. The normalized spacial score (nSPS) is 16.9. The summed E-state index contributed by atoms with van der Waals surface area (Å²) in [6.07, 6.45) is 3.83. The quantitative estimate of drug-likeness (QED) is 0.842. The fourth-order valence-electron chi connectivity index (χ4n) is 2.64. The highest BCUT2D eigenvalue weighted by atomic mass is 35.5. The van der Waals surface area contributed by atoms with Gasteiger partial charge in [-0.05, 0) is 55.8 Å². The van der Waals surface area contributed by atoms with Crippen molar-refractivity contribution in [3.63, 3.8) is 0 Å². The number of aromatic nitrogens is 1. The summed E-state index contributed by atoms with van der Waals surface area (Å²) in [5.74, 6) is 0.856. The van der Waals surface area contributed by atoms with Crippen molar-refractivity contribution in [2.24, 2.45) is 5.92 Å². The van der Waals surface area contributed by atoms with Crippen LogP contribution in [0.15, 0.2) is 30.3 Å². The number of H-pyrrole nitrogens is 1. The molecule has 2 N–H and O–H groups in total. The van der Waals surface area contributed by atoms with Crippen LogP contribution in [-0.2, 0) is 6.42 Å². The van der Waals surface area contributed by atoms with Crippen molar-refractivity contribution in [2.45, 2.75) is 19.3 Å². The first-order valence-electron chi connectivity index (χ1n) is 6.19. The number of nitrogens with one attached hydrogen (secondary N) is 2. The maximum atomic E-state index is 3.52. The lowest BCUT2D eigenvalue weighted by molar-refractivity contribution is 0.371. The second-order valence-corrected chi connectivity index (χ2v) is 4.78.